The van der Waals surface area contributed by atoms with Gasteiger partial charge in [-0.3, -0.25) is 4.79 Å². The number of carbonyl (C=O) groups excluding carboxylic acids is 1. The summed E-state index contributed by atoms with van der Waals surface area (Å²) in [6.07, 6.45) is 0. The van der Waals surface area contributed by atoms with Crippen LogP contribution >= 0.6 is 0 Å². The summed E-state index contributed by atoms with van der Waals surface area (Å²) in [6.45, 7) is 6.62. The number of hydrogen-bond acceptors (Lipinski definition) is 4. The molecular formula is C14H17NO4S. The third-order valence-electron chi connectivity index (χ3n) is 3.22. The van der Waals surface area contributed by atoms with Gasteiger partial charge in [0.2, 0.25) is 10.0 Å². The van der Waals surface area contributed by atoms with Crippen LogP contribution in [-0.2, 0) is 10.0 Å². The van der Waals surface area contributed by atoms with E-state index in [0.717, 1.165) is 10.9 Å². The Hall–Kier alpha value is -1.82. The Kier molecular flexibility index (Phi) is 3.60. The first-order valence-corrected chi connectivity index (χ1v) is 7.83. The standard InChI is InChI=1S/C14H17NO4S/c1-8(2)20(17,18)15-14(16)13-10(4)11-7-5-6-9(3)12(11)19-13/h5-8H,1-4H3,(H,15,16). The third kappa shape index (κ3) is 2.43. The third-order valence-corrected chi connectivity index (χ3v) is 4.93. The second kappa shape index (κ2) is 4.94. The normalized spacial score (nSPS) is 12.1. The summed E-state index contributed by atoms with van der Waals surface area (Å²) in [5.41, 5.74) is 2.15. The molecule has 0 aliphatic carbocycles. The van der Waals surface area contributed by atoms with Crippen molar-refractivity contribution >= 4 is 26.9 Å². The van der Waals surface area contributed by atoms with Gasteiger partial charge in [0.1, 0.15) is 5.58 Å². The number of sulfonamides is 1. The van der Waals surface area contributed by atoms with Crippen molar-refractivity contribution in [1.29, 1.82) is 0 Å². The van der Waals surface area contributed by atoms with E-state index in [4.69, 9.17) is 4.42 Å². The van der Waals surface area contributed by atoms with Crippen LogP contribution in [0.15, 0.2) is 22.6 Å². The summed E-state index contributed by atoms with van der Waals surface area (Å²) in [7, 11) is -3.67. The summed E-state index contributed by atoms with van der Waals surface area (Å²) in [5, 5.41) is 0.134. The van der Waals surface area contributed by atoms with Crippen molar-refractivity contribution in [2.45, 2.75) is 32.9 Å². The maximum atomic E-state index is 12.1. The van der Waals surface area contributed by atoms with Crippen LogP contribution < -0.4 is 4.72 Å². The van der Waals surface area contributed by atoms with Crippen LogP contribution in [-0.4, -0.2) is 19.6 Å². The lowest BCUT2D eigenvalue weighted by molar-refractivity contribution is 0.0955. The van der Waals surface area contributed by atoms with E-state index in [1.54, 1.807) is 6.92 Å². The number of benzene rings is 1. The lowest BCUT2D eigenvalue weighted by atomic mass is 10.1. The van der Waals surface area contributed by atoms with Gasteiger partial charge >= 0.3 is 5.91 Å². The van der Waals surface area contributed by atoms with E-state index >= 15 is 0 Å². The van der Waals surface area contributed by atoms with Crippen molar-refractivity contribution in [3.05, 3.63) is 35.1 Å². The fourth-order valence-electron chi connectivity index (χ4n) is 1.89. The van der Waals surface area contributed by atoms with Crippen molar-refractivity contribution in [3.63, 3.8) is 0 Å². The average Bonchev–Trinajstić information content (AvgIpc) is 2.68. The molecule has 6 heteroatoms. The highest BCUT2D eigenvalue weighted by atomic mass is 32.2. The molecule has 1 aromatic heterocycles. The first-order chi connectivity index (χ1) is 9.24. The predicted molar refractivity (Wildman–Crippen MR) is 77.2 cm³/mol. The number of para-hydroxylation sites is 1. The molecule has 1 aromatic carbocycles. The van der Waals surface area contributed by atoms with Crippen molar-refractivity contribution < 1.29 is 17.6 Å². The van der Waals surface area contributed by atoms with E-state index in [1.807, 2.05) is 29.8 Å². The second-order valence-corrected chi connectivity index (χ2v) is 7.27. The molecule has 0 fully saturated rings. The topological polar surface area (TPSA) is 76.4 Å². The van der Waals surface area contributed by atoms with Gasteiger partial charge in [-0.05, 0) is 33.3 Å². The summed E-state index contributed by atoms with van der Waals surface area (Å²) >= 11 is 0. The molecule has 0 atom stereocenters. The first kappa shape index (κ1) is 14.6. The van der Waals surface area contributed by atoms with E-state index in [-0.39, 0.29) is 5.76 Å². The molecular weight excluding hydrogens is 278 g/mol. The number of furan rings is 1. The van der Waals surface area contributed by atoms with Gasteiger partial charge in [0, 0.05) is 10.9 Å². The van der Waals surface area contributed by atoms with Crippen molar-refractivity contribution in [3.8, 4) is 0 Å². The summed E-state index contributed by atoms with van der Waals surface area (Å²) in [4.78, 5) is 12.1. The number of rotatable bonds is 3. The summed E-state index contributed by atoms with van der Waals surface area (Å²) < 4.78 is 31.0. The fraction of sp³-hybridized carbons (Fsp3) is 0.357. The Bertz CT molecular complexity index is 772. The van der Waals surface area contributed by atoms with Crippen LogP contribution in [0.2, 0.25) is 0 Å². The van der Waals surface area contributed by atoms with Gasteiger partial charge in [0.05, 0.1) is 5.25 Å². The quantitative estimate of drug-likeness (QED) is 0.944. The smallest absolute Gasteiger partial charge is 0.300 e. The van der Waals surface area contributed by atoms with Gasteiger partial charge in [-0.1, -0.05) is 18.2 Å². The van der Waals surface area contributed by atoms with Crippen molar-refractivity contribution in [2.24, 2.45) is 0 Å². The molecule has 0 radical (unpaired) electrons. The average molecular weight is 295 g/mol. The molecule has 0 saturated heterocycles. The van der Waals surface area contributed by atoms with Crippen LogP contribution in [0.3, 0.4) is 0 Å². The van der Waals surface area contributed by atoms with E-state index < -0.39 is 21.2 Å². The highest BCUT2D eigenvalue weighted by Crippen LogP contribution is 2.27. The zero-order valence-electron chi connectivity index (χ0n) is 11.9. The minimum atomic E-state index is -3.67. The van der Waals surface area contributed by atoms with Gasteiger partial charge in [-0.25, -0.2) is 13.1 Å². The molecule has 0 spiro atoms. The molecule has 1 N–H and O–H groups in total. The van der Waals surface area contributed by atoms with E-state index in [1.165, 1.54) is 13.8 Å². The lowest BCUT2D eigenvalue weighted by Gasteiger charge is -2.08. The number of fused-ring (bicyclic) bond motifs is 1. The number of carbonyl (C=O) groups is 1. The number of aryl methyl sites for hydroxylation is 2. The van der Waals surface area contributed by atoms with Gasteiger partial charge in [-0.2, -0.15) is 0 Å². The molecule has 0 aliphatic rings. The van der Waals surface area contributed by atoms with Crippen LogP contribution in [0.5, 0.6) is 0 Å². The molecule has 0 aliphatic heterocycles. The fourth-order valence-corrected chi connectivity index (χ4v) is 2.48. The highest BCUT2D eigenvalue weighted by molar-refractivity contribution is 7.90. The molecule has 5 nitrogen and oxygen atoms in total. The maximum absolute atomic E-state index is 12.1. The Morgan fingerprint density at radius 3 is 2.45 bits per heavy atom. The number of nitrogens with one attached hydrogen (secondary N) is 1. The van der Waals surface area contributed by atoms with Gasteiger partial charge in [-0.15, -0.1) is 0 Å². The van der Waals surface area contributed by atoms with E-state index in [9.17, 15) is 13.2 Å². The maximum Gasteiger partial charge on any atom is 0.300 e. The molecule has 1 amide bonds. The Balaban J connectivity index is 2.47. The molecule has 1 heterocycles. The zero-order chi connectivity index (χ0) is 15.1. The van der Waals surface area contributed by atoms with Crippen LogP contribution in [0.25, 0.3) is 11.0 Å². The number of hydrogen-bond donors (Lipinski definition) is 1. The number of amides is 1. The Labute approximate surface area is 118 Å². The first-order valence-electron chi connectivity index (χ1n) is 6.28. The highest BCUT2D eigenvalue weighted by Gasteiger charge is 2.24. The zero-order valence-corrected chi connectivity index (χ0v) is 12.7. The molecule has 2 aromatic rings. The lowest BCUT2D eigenvalue weighted by Crippen LogP contribution is -2.35. The predicted octanol–water partition coefficient (Wildman–Crippen LogP) is 2.52. The Morgan fingerprint density at radius 1 is 1.25 bits per heavy atom. The Morgan fingerprint density at radius 2 is 1.90 bits per heavy atom. The van der Waals surface area contributed by atoms with Crippen LogP contribution in [0, 0.1) is 13.8 Å². The molecule has 0 unspecified atom stereocenters. The molecule has 2 rings (SSSR count). The SMILES string of the molecule is Cc1c(C(=O)NS(=O)(=O)C(C)C)oc2c(C)cccc12. The molecule has 108 valence electrons. The van der Waals surface area contributed by atoms with E-state index in [2.05, 4.69) is 0 Å². The second-order valence-electron chi connectivity index (χ2n) is 5.03. The molecule has 0 bridgehead atoms. The van der Waals surface area contributed by atoms with Gasteiger partial charge in [0.25, 0.3) is 0 Å². The van der Waals surface area contributed by atoms with Crippen molar-refractivity contribution in [1.82, 2.24) is 4.72 Å². The largest absolute Gasteiger partial charge is 0.450 e. The molecule has 20 heavy (non-hydrogen) atoms. The molecule has 0 saturated carbocycles. The van der Waals surface area contributed by atoms with Crippen molar-refractivity contribution in [2.75, 3.05) is 0 Å². The summed E-state index contributed by atoms with van der Waals surface area (Å²) in [6, 6.07) is 5.58. The summed E-state index contributed by atoms with van der Waals surface area (Å²) in [5.74, 6) is -0.690. The van der Waals surface area contributed by atoms with Crippen LogP contribution in [0.1, 0.15) is 35.5 Å². The van der Waals surface area contributed by atoms with Crippen LogP contribution in [0.4, 0.5) is 0 Å². The monoisotopic (exact) mass is 295 g/mol. The van der Waals surface area contributed by atoms with Gasteiger partial charge in [0.15, 0.2) is 5.76 Å². The van der Waals surface area contributed by atoms with E-state index in [0.29, 0.717) is 11.1 Å². The van der Waals surface area contributed by atoms with Gasteiger partial charge < -0.3 is 4.42 Å². The minimum Gasteiger partial charge on any atom is -0.450 e. The minimum absolute atomic E-state index is 0.0403.